The van der Waals surface area contributed by atoms with Gasteiger partial charge in [0.2, 0.25) is 11.8 Å². The molecule has 0 saturated carbocycles. The predicted molar refractivity (Wildman–Crippen MR) is 106 cm³/mol. The van der Waals surface area contributed by atoms with Gasteiger partial charge >= 0.3 is 5.97 Å². The van der Waals surface area contributed by atoms with Gasteiger partial charge in [0.05, 0.1) is 34.8 Å². The summed E-state index contributed by atoms with van der Waals surface area (Å²) in [5, 5.41) is 5.82. The number of amides is 2. The molecule has 1 aliphatic rings. The molecule has 0 spiro atoms. The largest absolute Gasteiger partial charge is 0.462 e. The first-order valence-corrected chi connectivity index (χ1v) is 10.1. The molecule has 28 heavy (non-hydrogen) atoms. The second-order valence-electron chi connectivity index (χ2n) is 6.69. The summed E-state index contributed by atoms with van der Waals surface area (Å²) in [6.45, 7) is 6.17. The molecule has 1 saturated heterocycles. The molecule has 2 unspecified atom stereocenters. The zero-order chi connectivity index (χ0) is 20.3. The number of thiazole rings is 1. The molecule has 7 nitrogen and oxygen atoms in total. The molecule has 1 fully saturated rings. The zero-order valence-corrected chi connectivity index (χ0v) is 16.9. The van der Waals surface area contributed by atoms with Gasteiger partial charge in [0.15, 0.2) is 0 Å². The highest BCUT2D eigenvalue weighted by Crippen LogP contribution is 2.26. The van der Waals surface area contributed by atoms with E-state index in [1.807, 2.05) is 19.2 Å². The zero-order valence-electron chi connectivity index (χ0n) is 16.1. The van der Waals surface area contributed by atoms with Crippen molar-refractivity contribution in [3.63, 3.8) is 0 Å². The third-order valence-corrected chi connectivity index (χ3v) is 5.42. The summed E-state index contributed by atoms with van der Waals surface area (Å²) in [4.78, 5) is 42.7. The summed E-state index contributed by atoms with van der Waals surface area (Å²) in [7, 11) is 0. The Labute approximate surface area is 167 Å². The Morgan fingerprint density at radius 3 is 2.68 bits per heavy atom. The van der Waals surface area contributed by atoms with Crippen molar-refractivity contribution in [3.8, 4) is 0 Å². The van der Waals surface area contributed by atoms with Crippen LogP contribution in [0.1, 0.15) is 47.4 Å². The Hall–Kier alpha value is -2.74. The van der Waals surface area contributed by atoms with E-state index in [0.29, 0.717) is 24.4 Å². The van der Waals surface area contributed by atoms with E-state index in [9.17, 15) is 14.4 Å². The minimum Gasteiger partial charge on any atom is -0.462 e. The number of aryl methyl sites for hydroxylation is 1. The van der Waals surface area contributed by atoms with Crippen LogP contribution in [-0.2, 0) is 14.3 Å². The van der Waals surface area contributed by atoms with Crippen LogP contribution in [0.2, 0.25) is 0 Å². The van der Waals surface area contributed by atoms with Gasteiger partial charge in [-0.15, -0.1) is 11.3 Å². The van der Waals surface area contributed by atoms with E-state index in [1.54, 1.807) is 36.1 Å². The van der Waals surface area contributed by atoms with Crippen molar-refractivity contribution in [2.24, 2.45) is 5.92 Å². The predicted octanol–water partition coefficient (Wildman–Crippen LogP) is 2.86. The van der Waals surface area contributed by atoms with Crippen LogP contribution >= 0.6 is 11.3 Å². The Morgan fingerprint density at radius 2 is 2.07 bits per heavy atom. The molecule has 0 radical (unpaired) electrons. The van der Waals surface area contributed by atoms with E-state index in [4.69, 9.17) is 4.74 Å². The minimum absolute atomic E-state index is 0.110. The molecule has 0 aliphatic carbocycles. The summed E-state index contributed by atoms with van der Waals surface area (Å²) in [6, 6.07) is 6.45. The van der Waals surface area contributed by atoms with Gasteiger partial charge in [0, 0.05) is 24.0 Å². The summed E-state index contributed by atoms with van der Waals surface area (Å²) < 4.78 is 4.96. The molecular weight excluding hydrogens is 378 g/mol. The van der Waals surface area contributed by atoms with Gasteiger partial charge < -0.3 is 15.0 Å². The van der Waals surface area contributed by atoms with Crippen molar-refractivity contribution >= 4 is 34.8 Å². The summed E-state index contributed by atoms with van der Waals surface area (Å²) in [6.07, 6.45) is 0.161. The van der Waals surface area contributed by atoms with Crippen molar-refractivity contribution in [2.75, 3.05) is 18.1 Å². The number of benzene rings is 1. The van der Waals surface area contributed by atoms with Crippen molar-refractivity contribution in [2.45, 2.75) is 33.2 Å². The maximum atomic E-state index is 12.6. The molecule has 2 heterocycles. The summed E-state index contributed by atoms with van der Waals surface area (Å²) >= 11 is 1.54. The number of hydrogen-bond acceptors (Lipinski definition) is 6. The monoisotopic (exact) mass is 401 g/mol. The Bertz CT molecular complexity index is 878. The van der Waals surface area contributed by atoms with Crippen molar-refractivity contribution < 1.29 is 19.1 Å². The van der Waals surface area contributed by atoms with Gasteiger partial charge in [0.25, 0.3) is 0 Å². The minimum atomic E-state index is -0.417. The third-order valence-electron chi connectivity index (χ3n) is 4.63. The van der Waals surface area contributed by atoms with Crippen LogP contribution in [0.5, 0.6) is 0 Å². The van der Waals surface area contributed by atoms with E-state index in [-0.39, 0.29) is 24.3 Å². The smallest absolute Gasteiger partial charge is 0.338 e. The van der Waals surface area contributed by atoms with E-state index < -0.39 is 11.9 Å². The van der Waals surface area contributed by atoms with Gasteiger partial charge in [0.1, 0.15) is 0 Å². The molecule has 1 aromatic carbocycles. The number of ether oxygens (including phenoxy) is 1. The van der Waals surface area contributed by atoms with Gasteiger partial charge in [-0.25, -0.2) is 9.78 Å². The van der Waals surface area contributed by atoms with Gasteiger partial charge in [-0.3, -0.25) is 9.59 Å². The average molecular weight is 401 g/mol. The highest BCUT2D eigenvalue weighted by molar-refractivity contribution is 7.09. The van der Waals surface area contributed by atoms with Crippen LogP contribution in [0.15, 0.2) is 29.6 Å². The normalized spacial score (nSPS) is 17.5. The third kappa shape index (κ3) is 4.39. The molecule has 1 N–H and O–H groups in total. The quantitative estimate of drug-likeness (QED) is 0.752. The molecule has 2 amide bonds. The van der Waals surface area contributed by atoms with Gasteiger partial charge in [-0.2, -0.15) is 0 Å². The molecule has 1 aliphatic heterocycles. The number of aromatic nitrogens is 1. The fourth-order valence-electron chi connectivity index (χ4n) is 3.11. The molecule has 0 bridgehead atoms. The van der Waals surface area contributed by atoms with Crippen LogP contribution < -0.4 is 10.2 Å². The van der Waals surface area contributed by atoms with Crippen molar-refractivity contribution in [1.82, 2.24) is 10.3 Å². The number of nitrogens with one attached hydrogen (secondary N) is 1. The maximum Gasteiger partial charge on any atom is 0.338 e. The Morgan fingerprint density at radius 1 is 1.36 bits per heavy atom. The Kier molecular flexibility index (Phi) is 6.08. The van der Waals surface area contributed by atoms with Crippen LogP contribution in [-0.4, -0.2) is 35.9 Å². The summed E-state index contributed by atoms with van der Waals surface area (Å²) in [5.41, 5.74) is 1.92. The lowest BCUT2D eigenvalue weighted by Crippen LogP contribution is -2.34. The van der Waals surface area contributed by atoms with E-state index in [0.717, 1.165) is 10.7 Å². The lowest BCUT2D eigenvalue weighted by molar-refractivity contribution is -0.126. The van der Waals surface area contributed by atoms with E-state index >= 15 is 0 Å². The first-order valence-electron chi connectivity index (χ1n) is 9.19. The summed E-state index contributed by atoms with van der Waals surface area (Å²) in [5.74, 6) is -1.08. The van der Waals surface area contributed by atoms with Crippen LogP contribution in [0.4, 0.5) is 5.69 Å². The number of nitrogens with zero attached hydrogens (tertiary/aromatic N) is 2. The van der Waals surface area contributed by atoms with E-state index in [2.05, 4.69) is 10.3 Å². The molecule has 148 valence electrons. The fourth-order valence-corrected chi connectivity index (χ4v) is 3.82. The number of hydrogen-bond donors (Lipinski definition) is 1. The molecule has 2 aromatic rings. The lowest BCUT2D eigenvalue weighted by Gasteiger charge is -2.18. The second-order valence-corrected chi connectivity index (χ2v) is 7.76. The SMILES string of the molecule is CCOC(=O)c1ccc(N2CC(C(=O)NC(C)c3csc(C)n3)CC2=O)cc1. The maximum absolute atomic E-state index is 12.6. The fraction of sp³-hybridized carbons (Fsp3) is 0.400. The standard InChI is InChI=1S/C20H23N3O4S/c1-4-27-20(26)14-5-7-16(8-6-14)23-10-15(9-18(23)24)19(25)21-12(2)17-11-28-13(3)22-17/h5-8,11-12,15H,4,9-10H2,1-3H3,(H,21,25). The van der Waals surface area contributed by atoms with Gasteiger partial charge in [-0.1, -0.05) is 0 Å². The van der Waals surface area contributed by atoms with Crippen LogP contribution in [0, 0.1) is 12.8 Å². The molecule has 3 rings (SSSR count). The van der Waals surface area contributed by atoms with Crippen molar-refractivity contribution in [3.05, 3.63) is 45.9 Å². The topological polar surface area (TPSA) is 88.6 Å². The first-order chi connectivity index (χ1) is 13.4. The number of esters is 1. The van der Waals surface area contributed by atoms with Crippen molar-refractivity contribution in [1.29, 1.82) is 0 Å². The molecule has 1 aromatic heterocycles. The van der Waals surface area contributed by atoms with E-state index in [1.165, 1.54) is 11.3 Å². The average Bonchev–Trinajstić information content (AvgIpc) is 3.28. The lowest BCUT2D eigenvalue weighted by atomic mass is 10.1. The number of carbonyl (C=O) groups excluding carboxylic acids is 3. The molecule has 2 atom stereocenters. The number of anilines is 1. The second kappa shape index (κ2) is 8.52. The number of rotatable bonds is 6. The first kappa shape index (κ1) is 20.0. The van der Waals surface area contributed by atoms with Crippen LogP contribution in [0.3, 0.4) is 0 Å². The molecular formula is C20H23N3O4S. The highest BCUT2D eigenvalue weighted by atomic mass is 32.1. The number of carbonyl (C=O) groups is 3. The highest BCUT2D eigenvalue weighted by Gasteiger charge is 2.35. The Balaban J connectivity index is 1.62. The van der Waals surface area contributed by atoms with Crippen LogP contribution in [0.25, 0.3) is 0 Å². The molecule has 8 heteroatoms. The van der Waals surface area contributed by atoms with Gasteiger partial charge in [-0.05, 0) is 45.0 Å².